The molecule has 3 heteroatoms. The van der Waals surface area contributed by atoms with Crippen LogP contribution in [-0.4, -0.2) is 12.5 Å². The summed E-state index contributed by atoms with van der Waals surface area (Å²) >= 11 is 0. The molecule has 0 radical (unpaired) electrons. The lowest BCUT2D eigenvalue weighted by molar-refractivity contribution is -0.123. The number of benzene rings is 2. The summed E-state index contributed by atoms with van der Waals surface area (Å²) in [6.45, 7) is 15.0. The zero-order valence-electron chi connectivity index (χ0n) is 17.7. The third-order valence-corrected chi connectivity index (χ3v) is 4.71. The molecule has 0 fully saturated rings. The van der Waals surface area contributed by atoms with Crippen molar-refractivity contribution in [2.24, 2.45) is 0 Å². The topological polar surface area (TPSA) is 38.3 Å². The van der Waals surface area contributed by atoms with E-state index in [1.165, 1.54) is 5.56 Å². The zero-order chi connectivity index (χ0) is 20.2. The average Bonchev–Trinajstić information content (AvgIpc) is 2.58. The minimum absolute atomic E-state index is 0.0114. The fourth-order valence-corrected chi connectivity index (χ4v) is 2.99. The van der Waals surface area contributed by atoms with Crippen LogP contribution in [0.15, 0.2) is 48.5 Å². The highest BCUT2D eigenvalue weighted by Crippen LogP contribution is 2.31. The summed E-state index contributed by atoms with van der Waals surface area (Å²) in [6.07, 6.45) is 0. The van der Waals surface area contributed by atoms with Crippen LogP contribution in [-0.2, 0) is 15.6 Å². The Hall–Kier alpha value is -2.29. The van der Waals surface area contributed by atoms with E-state index in [0.717, 1.165) is 16.9 Å². The maximum atomic E-state index is 12.4. The Kier molecular flexibility index (Phi) is 6.35. The summed E-state index contributed by atoms with van der Waals surface area (Å²) in [5, 5.41) is 3.02. The molecule has 0 aliphatic carbocycles. The fourth-order valence-electron chi connectivity index (χ4n) is 2.99. The van der Waals surface area contributed by atoms with Gasteiger partial charge >= 0.3 is 0 Å². The summed E-state index contributed by atoms with van der Waals surface area (Å²) in [5.74, 6) is 0.647. The first-order valence-corrected chi connectivity index (χ1v) is 9.60. The number of carbonyl (C=O) groups excluding carboxylic acids is 1. The lowest BCUT2D eigenvalue weighted by Crippen LogP contribution is -2.31. The highest BCUT2D eigenvalue weighted by Gasteiger charge is 2.19. The van der Waals surface area contributed by atoms with E-state index >= 15 is 0 Å². The molecule has 2 aromatic rings. The van der Waals surface area contributed by atoms with Gasteiger partial charge in [-0.3, -0.25) is 4.79 Å². The van der Waals surface area contributed by atoms with Crippen LogP contribution in [0.1, 0.15) is 71.2 Å². The van der Waals surface area contributed by atoms with Gasteiger partial charge in [-0.2, -0.15) is 0 Å². The zero-order valence-corrected chi connectivity index (χ0v) is 17.7. The summed E-state index contributed by atoms with van der Waals surface area (Å²) in [5.41, 5.74) is 3.57. The van der Waals surface area contributed by atoms with Gasteiger partial charge in [-0.05, 0) is 40.5 Å². The van der Waals surface area contributed by atoms with Crippen molar-refractivity contribution in [3.8, 4) is 5.75 Å². The van der Waals surface area contributed by atoms with Gasteiger partial charge in [-0.25, -0.2) is 0 Å². The van der Waals surface area contributed by atoms with Gasteiger partial charge in [0.2, 0.25) is 0 Å². The van der Waals surface area contributed by atoms with Crippen molar-refractivity contribution in [1.29, 1.82) is 0 Å². The number of rotatable bonds is 5. The van der Waals surface area contributed by atoms with E-state index in [1.54, 1.807) is 0 Å². The van der Waals surface area contributed by atoms with E-state index < -0.39 is 0 Å². The highest BCUT2D eigenvalue weighted by molar-refractivity contribution is 5.78. The summed E-state index contributed by atoms with van der Waals surface area (Å²) in [7, 11) is 0. The van der Waals surface area contributed by atoms with Crippen LogP contribution in [0.25, 0.3) is 0 Å². The summed E-state index contributed by atoms with van der Waals surface area (Å²) in [4.78, 5) is 12.4. The van der Waals surface area contributed by atoms with E-state index in [9.17, 15) is 4.79 Å². The van der Waals surface area contributed by atoms with Crippen molar-refractivity contribution >= 4 is 5.91 Å². The maximum absolute atomic E-state index is 12.4. The largest absolute Gasteiger partial charge is 0.483 e. The van der Waals surface area contributed by atoms with Crippen LogP contribution in [0.4, 0.5) is 0 Å². The van der Waals surface area contributed by atoms with Crippen molar-refractivity contribution in [3.05, 3.63) is 65.2 Å². The monoisotopic (exact) mass is 367 g/mol. The Labute approximate surface area is 164 Å². The number of nitrogens with one attached hydrogen (secondary N) is 1. The van der Waals surface area contributed by atoms with Gasteiger partial charge in [0.1, 0.15) is 5.75 Å². The summed E-state index contributed by atoms with van der Waals surface area (Å²) < 4.78 is 5.81. The minimum Gasteiger partial charge on any atom is -0.483 e. The number of amides is 1. The second kappa shape index (κ2) is 8.16. The molecule has 2 aromatic carbocycles. The van der Waals surface area contributed by atoms with E-state index in [1.807, 2.05) is 31.2 Å². The van der Waals surface area contributed by atoms with Crippen molar-refractivity contribution in [2.75, 3.05) is 6.61 Å². The van der Waals surface area contributed by atoms with E-state index in [4.69, 9.17) is 4.74 Å². The molecule has 3 nitrogen and oxygen atoms in total. The van der Waals surface area contributed by atoms with Crippen LogP contribution in [0.3, 0.4) is 0 Å². The van der Waals surface area contributed by atoms with Gasteiger partial charge < -0.3 is 10.1 Å². The highest BCUT2D eigenvalue weighted by atomic mass is 16.5. The maximum Gasteiger partial charge on any atom is 0.258 e. The lowest BCUT2D eigenvalue weighted by atomic mass is 9.86. The van der Waals surface area contributed by atoms with E-state index in [0.29, 0.717) is 0 Å². The lowest BCUT2D eigenvalue weighted by Gasteiger charge is -2.23. The van der Waals surface area contributed by atoms with Crippen LogP contribution in [0, 0.1) is 0 Å². The molecule has 0 aliphatic rings. The fraction of sp³-hybridized carbons (Fsp3) is 0.458. The molecular weight excluding hydrogens is 334 g/mol. The first-order valence-electron chi connectivity index (χ1n) is 9.60. The molecule has 1 atom stereocenters. The molecule has 0 aliphatic heterocycles. The number of para-hydroxylation sites is 1. The third kappa shape index (κ3) is 5.85. The Balaban J connectivity index is 1.96. The van der Waals surface area contributed by atoms with Gasteiger partial charge in [0, 0.05) is 0 Å². The molecule has 27 heavy (non-hydrogen) atoms. The molecule has 2 rings (SSSR count). The van der Waals surface area contributed by atoms with Gasteiger partial charge in [0.25, 0.3) is 5.91 Å². The predicted octanol–water partition coefficient (Wildman–Crippen LogP) is 5.54. The van der Waals surface area contributed by atoms with Gasteiger partial charge in [0.05, 0.1) is 6.04 Å². The third-order valence-electron chi connectivity index (χ3n) is 4.71. The van der Waals surface area contributed by atoms with Crippen molar-refractivity contribution in [3.63, 3.8) is 0 Å². The quantitative estimate of drug-likeness (QED) is 0.754. The molecule has 0 unspecified atom stereocenters. The molecule has 0 bridgehead atoms. The van der Waals surface area contributed by atoms with Crippen LogP contribution >= 0.6 is 0 Å². The standard InChI is InChI=1S/C24H33NO2/c1-17(18-12-14-19(15-13-18)23(2,3)4)25-22(26)16-27-21-11-9-8-10-20(21)24(5,6)7/h8-15,17H,16H2,1-7H3,(H,25,26)/t17-/m1/s1. The Bertz CT molecular complexity index is 764. The van der Waals surface area contributed by atoms with Gasteiger partial charge in [-0.1, -0.05) is 84.0 Å². The van der Waals surface area contributed by atoms with E-state index in [2.05, 4.69) is 71.1 Å². The molecule has 0 aromatic heterocycles. The normalized spacial score (nSPS) is 13.1. The molecule has 1 amide bonds. The van der Waals surface area contributed by atoms with Crippen LogP contribution in [0.5, 0.6) is 5.75 Å². The number of hydrogen-bond donors (Lipinski definition) is 1. The van der Waals surface area contributed by atoms with Crippen molar-refractivity contribution in [1.82, 2.24) is 5.32 Å². The number of carbonyl (C=O) groups is 1. The van der Waals surface area contributed by atoms with Crippen LogP contribution in [0.2, 0.25) is 0 Å². The predicted molar refractivity (Wildman–Crippen MR) is 112 cm³/mol. The minimum atomic E-state index is -0.119. The number of ether oxygens (including phenoxy) is 1. The first kappa shape index (κ1) is 21.0. The Morgan fingerprint density at radius 1 is 0.926 bits per heavy atom. The van der Waals surface area contributed by atoms with Gasteiger partial charge in [0.15, 0.2) is 6.61 Å². The molecule has 0 saturated heterocycles. The average molecular weight is 368 g/mol. The second-order valence-electron chi connectivity index (χ2n) is 9.20. The van der Waals surface area contributed by atoms with Gasteiger partial charge in [-0.15, -0.1) is 0 Å². The Morgan fingerprint density at radius 3 is 2.07 bits per heavy atom. The second-order valence-corrected chi connectivity index (χ2v) is 9.20. The van der Waals surface area contributed by atoms with Crippen molar-refractivity contribution in [2.45, 2.75) is 65.3 Å². The molecule has 0 saturated carbocycles. The Morgan fingerprint density at radius 2 is 1.52 bits per heavy atom. The molecular formula is C24H33NO2. The van der Waals surface area contributed by atoms with Crippen LogP contribution < -0.4 is 10.1 Å². The molecule has 146 valence electrons. The number of hydrogen-bond acceptors (Lipinski definition) is 2. The SMILES string of the molecule is C[C@@H](NC(=O)COc1ccccc1C(C)(C)C)c1ccc(C(C)(C)C)cc1. The molecule has 0 heterocycles. The first-order chi connectivity index (χ1) is 12.5. The van der Waals surface area contributed by atoms with Crippen molar-refractivity contribution < 1.29 is 9.53 Å². The smallest absolute Gasteiger partial charge is 0.258 e. The molecule has 1 N–H and O–H groups in total. The van der Waals surface area contributed by atoms with E-state index in [-0.39, 0.29) is 29.4 Å². The summed E-state index contributed by atoms with van der Waals surface area (Å²) in [6, 6.07) is 16.3. The molecule has 0 spiro atoms.